The van der Waals surface area contributed by atoms with E-state index in [1.807, 2.05) is 0 Å². The molecule has 0 spiro atoms. The van der Waals surface area contributed by atoms with Crippen LogP contribution in [0.3, 0.4) is 0 Å². The molecule has 0 bridgehead atoms. The van der Waals surface area contributed by atoms with Gasteiger partial charge in [0, 0.05) is 13.5 Å². The number of aliphatic hydroxyl groups is 1. The molecule has 0 aliphatic heterocycles. The summed E-state index contributed by atoms with van der Waals surface area (Å²) in [5.74, 6) is 0.349. The highest BCUT2D eigenvalue weighted by Crippen LogP contribution is 2.10. The fourth-order valence-corrected chi connectivity index (χ4v) is 1.12. The normalized spacial score (nSPS) is 11.3. The predicted octanol–water partition coefficient (Wildman–Crippen LogP) is 2.76. The van der Waals surface area contributed by atoms with Gasteiger partial charge in [0.05, 0.1) is 6.61 Å². The summed E-state index contributed by atoms with van der Waals surface area (Å²) in [4.78, 5) is 9.82. The number of hydrogen-bond acceptors (Lipinski definition) is 3. The summed E-state index contributed by atoms with van der Waals surface area (Å²) in [7, 11) is 0. The molecule has 0 radical (unpaired) electrons. The van der Waals surface area contributed by atoms with Crippen molar-refractivity contribution in [3.05, 3.63) is 0 Å². The van der Waals surface area contributed by atoms with E-state index in [9.17, 15) is 4.79 Å². The van der Waals surface area contributed by atoms with Crippen molar-refractivity contribution in [3.63, 3.8) is 0 Å². The molecule has 0 amide bonds. The Morgan fingerprint density at radius 3 is 2.13 bits per heavy atom. The molecule has 0 aliphatic rings. The number of rotatable bonds is 6. The van der Waals surface area contributed by atoms with Gasteiger partial charge in [0.2, 0.25) is 0 Å². The number of esters is 1. The highest BCUT2D eigenvalue weighted by atomic mass is 16.5. The molecule has 0 aliphatic carbocycles. The highest BCUT2D eigenvalue weighted by molar-refractivity contribution is 5.65. The second-order valence-corrected chi connectivity index (χ2v) is 3.52. The summed E-state index contributed by atoms with van der Waals surface area (Å²) >= 11 is 0. The maximum Gasteiger partial charge on any atom is 0.302 e. The quantitative estimate of drug-likeness (QED) is 0.697. The van der Waals surface area contributed by atoms with Gasteiger partial charge in [-0.15, -0.1) is 0 Å². The minimum atomic E-state index is -0.211. The van der Waals surface area contributed by atoms with Crippen molar-refractivity contribution in [2.75, 3.05) is 13.2 Å². The van der Waals surface area contributed by atoms with Crippen LogP contribution in [0.2, 0.25) is 0 Å². The second-order valence-electron chi connectivity index (χ2n) is 3.52. The maximum atomic E-state index is 9.82. The van der Waals surface area contributed by atoms with E-state index in [2.05, 4.69) is 18.6 Å². The summed E-state index contributed by atoms with van der Waals surface area (Å²) in [5, 5.41) is 8.75. The zero-order valence-corrected chi connectivity index (χ0v) is 10.6. The molecule has 0 saturated carbocycles. The molecule has 1 N–H and O–H groups in total. The Morgan fingerprint density at radius 1 is 1.33 bits per heavy atom. The largest absolute Gasteiger partial charge is 0.466 e. The number of carbonyl (C=O) groups excluding carboxylic acids is 1. The molecule has 0 aromatic heterocycles. The third kappa shape index (κ3) is 16.1. The maximum absolute atomic E-state index is 9.82. The van der Waals surface area contributed by atoms with Gasteiger partial charge in [-0.05, 0) is 19.3 Å². The Balaban J connectivity index is 0. The fraction of sp³-hybridized carbons (Fsp3) is 0.917. The molecule has 0 saturated heterocycles. The van der Waals surface area contributed by atoms with Crippen LogP contribution in [0.5, 0.6) is 0 Å². The van der Waals surface area contributed by atoms with Crippen molar-refractivity contribution in [2.45, 2.75) is 53.4 Å². The number of carbonyl (C=O) groups is 1. The summed E-state index contributed by atoms with van der Waals surface area (Å²) < 4.78 is 4.40. The number of hydrogen-bond donors (Lipinski definition) is 1. The molecule has 1 atom stereocenters. The minimum Gasteiger partial charge on any atom is -0.466 e. The molecule has 0 aromatic carbocycles. The van der Waals surface area contributed by atoms with Crippen LogP contribution in [0, 0.1) is 5.92 Å². The van der Waals surface area contributed by atoms with Gasteiger partial charge in [0.15, 0.2) is 0 Å². The van der Waals surface area contributed by atoms with Crippen LogP contribution in [0.1, 0.15) is 53.4 Å². The number of ether oxygens (including phenoxy) is 1. The molecule has 92 valence electrons. The van der Waals surface area contributed by atoms with Crippen LogP contribution < -0.4 is 0 Å². The number of unbranched alkanes of at least 4 members (excludes halogenated alkanes) is 1. The van der Waals surface area contributed by atoms with Gasteiger partial charge >= 0.3 is 5.97 Å². The lowest BCUT2D eigenvalue weighted by molar-refractivity contribution is -0.140. The molecular formula is C12H26O3. The Kier molecular flexibility index (Phi) is 15.1. The summed E-state index contributed by atoms with van der Waals surface area (Å²) in [6.07, 6.45) is 4.83. The van der Waals surface area contributed by atoms with Crippen molar-refractivity contribution in [2.24, 2.45) is 5.92 Å². The van der Waals surface area contributed by atoms with Gasteiger partial charge in [-0.3, -0.25) is 4.79 Å². The van der Waals surface area contributed by atoms with Gasteiger partial charge in [0.1, 0.15) is 0 Å². The first-order valence-electron chi connectivity index (χ1n) is 5.86. The average Bonchev–Trinajstić information content (AvgIpc) is 2.20. The van der Waals surface area contributed by atoms with E-state index >= 15 is 0 Å². The standard InChI is InChI=1S/C8H18O.C4H8O2/c1-3-5-6-8(4-2)7-9;1-3-6-4(2)5/h8-9H,3-7H2,1-2H3;3H2,1-2H3. The first-order chi connectivity index (χ1) is 7.12. The van der Waals surface area contributed by atoms with Crippen LogP contribution in [-0.4, -0.2) is 24.3 Å². The molecular weight excluding hydrogens is 192 g/mol. The topological polar surface area (TPSA) is 46.5 Å². The van der Waals surface area contributed by atoms with Gasteiger partial charge in [0.25, 0.3) is 0 Å². The van der Waals surface area contributed by atoms with Crippen LogP contribution in [-0.2, 0) is 9.53 Å². The lowest BCUT2D eigenvalue weighted by atomic mass is 10.0. The molecule has 15 heavy (non-hydrogen) atoms. The summed E-state index contributed by atoms with van der Waals surface area (Å²) in [6, 6.07) is 0. The highest BCUT2D eigenvalue weighted by Gasteiger charge is 2.01. The van der Waals surface area contributed by atoms with E-state index in [0.29, 0.717) is 19.1 Å². The lowest BCUT2D eigenvalue weighted by Crippen LogP contribution is -2.03. The Bertz CT molecular complexity index is 131. The summed E-state index contributed by atoms with van der Waals surface area (Å²) in [5.41, 5.74) is 0. The van der Waals surface area contributed by atoms with Gasteiger partial charge in [-0.2, -0.15) is 0 Å². The Hall–Kier alpha value is -0.570. The van der Waals surface area contributed by atoms with E-state index in [1.165, 1.54) is 26.2 Å². The Morgan fingerprint density at radius 2 is 1.93 bits per heavy atom. The first kappa shape index (κ1) is 16.8. The van der Waals surface area contributed by atoms with Crippen molar-refractivity contribution in [1.29, 1.82) is 0 Å². The van der Waals surface area contributed by atoms with E-state index in [-0.39, 0.29) is 5.97 Å². The monoisotopic (exact) mass is 218 g/mol. The molecule has 0 heterocycles. The van der Waals surface area contributed by atoms with E-state index < -0.39 is 0 Å². The molecule has 1 unspecified atom stereocenters. The zero-order chi connectivity index (χ0) is 12.1. The lowest BCUT2D eigenvalue weighted by Gasteiger charge is -2.08. The molecule has 0 rings (SSSR count). The third-order valence-corrected chi connectivity index (χ3v) is 2.15. The van der Waals surface area contributed by atoms with Crippen molar-refractivity contribution in [1.82, 2.24) is 0 Å². The van der Waals surface area contributed by atoms with E-state index in [1.54, 1.807) is 6.92 Å². The molecule has 0 fully saturated rings. The number of aliphatic hydroxyl groups excluding tert-OH is 1. The van der Waals surface area contributed by atoms with Crippen LogP contribution in [0.25, 0.3) is 0 Å². The van der Waals surface area contributed by atoms with Crippen LogP contribution >= 0.6 is 0 Å². The van der Waals surface area contributed by atoms with Crippen LogP contribution in [0.4, 0.5) is 0 Å². The fourth-order valence-electron chi connectivity index (χ4n) is 1.12. The molecule has 0 aromatic rings. The minimum absolute atomic E-state index is 0.211. The van der Waals surface area contributed by atoms with Gasteiger partial charge in [-0.1, -0.05) is 33.1 Å². The van der Waals surface area contributed by atoms with Crippen LogP contribution in [0.15, 0.2) is 0 Å². The molecule has 3 heteroatoms. The van der Waals surface area contributed by atoms with Crippen molar-refractivity contribution < 1.29 is 14.6 Å². The smallest absolute Gasteiger partial charge is 0.302 e. The van der Waals surface area contributed by atoms with E-state index in [0.717, 1.165) is 6.42 Å². The Labute approximate surface area is 93.8 Å². The van der Waals surface area contributed by atoms with Gasteiger partial charge < -0.3 is 9.84 Å². The van der Waals surface area contributed by atoms with Crippen molar-refractivity contribution in [3.8, 4) is 0 Å². The SMILES string of the molecule is CCCCC(CC)CO.CCOC(C)=O. The van der Waals surface area contributed by atoms with Gasteiger partial charge in [-0.25, -0.2) is 0 Å². The molecule has 3 nitrogen and oxygen atoms in total. The second kappa shape index (κ2) is 13.4. The van der Waals surface area contributed by atoms with E-state index in [4.69, 9.17) is 5.11 Å². The average molecular weight is 218 g/mol. The van der Waals surface area contributed by atoms with Crippen molar-refractivity contribution >= 4 is 5.97 Å². The first-order valence-corrected chi connectivity index (χ1v) is 5.86. The third-order valence-electron chi connectivity index (χ3n) is 2.15. The predicted molar refractivity (Wildman–Crippen MR) is 62.7 cm³/mol. The zero-order valence-electron chi connectivity index (χ0n) is 10.6. The summed E-state index contributed by atoms with van der Waals surface area (Å²) in [6.45, 7) is 8.34.